The van der Waals surface area contributed by atoms with E-state index in [0.29, 0.717) is 6.54 Å². The van der Waals surface area contributed by atoms with Gasteiger partial charge in [-0.3, -0.25) is 4.98 Å². The summed E-state index contributed by atoms with van der Waals surface area (Å²) >= 11 is 6.67. The average molecular weight is 359 g/mol. The molecule has 0 saturated carbocycles. The van der Waals surface area contributed by atoms with Gasteiger partial charge in [-0.1, -0.05) is 11.8 Å². The lowest BCUT2D eigenvalue weighted by atomic mass is 10.4. The van der Waals surface area contributed by atoms with Gasteiger partial charge in [0.15, 0.2) is 0 Å². The van der Waals surface area contributed by atoms with Gasteiger partial charge >= 0.3 is 6.09 Å². The first-order chi connectivity index (χ1) is 9.06. The number of halogens is 1. The van der Waals surface area contributed by atoms with Crippen LogP contribution in [0.2, 0.25) is 0 Å². The van der Waals surface area contributed by atoms with Crippen molar-refractivity contribution in [3.8, 4) is 0 Å². The molecule has 7 heteroatoms. The SMILES string of the molecule is CN(Cc1cc(Sc2cccnc2)c(Br)s1)C(=O)O. The zero-order valence-corrected chi connectivity index (χ0v) is 13.3. The van der Waals surface area contributed by atoms with Crippen molar-refractivity contribution in [2.45, 2.75) is 16.3 Å². The number of thiophene rings is 1. The Kier molecular flexibility index (Phi) is 4.84. The predicted molar refractivity (Wildman–Crippen MR) is 79.9 cm³/mol. The molecule has 2 aromatic heterocycles. The van der Waals surface area contributed by atoms with Crippen LogP contribution in [0.25, 0.3) is 0 Å². The number of hydrogen-bond acceptors (Lipinski definition) is 4. The van der Waals surface area contributed by atoms with E-state index >= 15 is 0 Å². The highest BCUT2D eigenvalue weighted by atomic mass is 79.9. The third-order valence-electron chi connectivity index (χ3n) is 2.29. The van der Waals surface area contributed by atoms with Crippen molar-refractivity contribution in [2.75, 3.05) is 7.05 Å². The molecule has 0 aromatic carbocycles. The maximum Gasteiger partial charge on any atom is 0.407 e. The molecule has 0 spiro atoms. The van der Waals surface area contributed by atoms with Gasteiger partial charge in [-0.05, 0) is 34.1 Å². The van der Waals surface area contributed by atoms with E-state index in [1.165, 1.54) is 4.90 Å². The number of pyridine rings is 1. The van der Waals surface area contributed by atoms with Gasteiger partial charge in [0.05, 0.1) is 10.3 Å². The first-order valence-electron chi connectivity index (χ1n) is 5.36. The summed E-state index contributed by atoms with van der Waals surface area (Å²) < 4.78 is 1.01. The molecule has 0 fully saturated rings. The number of carbonyl (C=O) groups is 1. The number of amides is 1. The Balaban J connectivity index is 2.11. The van der Waals surface area contributed by atoms with E-state index in [2.05, 4.69) is 20.9 Å². The van der Waals surface area contributed by atoms with E-state index < -0.39 is 6.09 Å². The lowest BCUT2D eigenvalue weighted by Crippen LogP contribution is -2.23. The van der Waals surface area contributed by atoms with Crippen LogP contribution >= 0.6 is 39.0 Å². The largest absolute Gasteiger partial charge is 0.465 e. The summed E-state index contributed by atoms with van der Waals surface area (Å²) in [5, 5.41) is 8.86. The second-order valence-electron chi connectivity index (χ2n) is 3.78. The van der Waals surface area contributed by atoms with Crippen LogP contribution in [-0.4, -0.2) is 28.1 Å². The molecule has 1 amide bonds. The highest BCUT2D eigenvalue weighted by molar-refractivity contribution is 9.11. The van der Waals surface area contributed by atoms with Crippen LogP contribution in [0.3, 0.4) is 0 Å². The van der Waals surface area contributed by atoms with Crippen molar-refractivity contribution in [3.63, 3.8) is 0 Å². The Labute approximate surface area is 127 Å². The van der Waals surface area contributed by atoms with Crippen molar-refractivity contribution < 1.29 is 9.90 Å². The fraction of sp³-hybridized carbons (Fsp3) is 0.167. The van der Waals surface area contributed by atoms with Crippen LogP contribution in [0.5, 0.6) is 0 Å². The van der Waals surface area contributed by atoms with Crippen LogP contribution in [0.1, 0.15) is 4.88 Å². The van der Waals surface area contributed by atoms with E-state index in [1.54, 1.807) is 42.5 Å². The molecule has 2 rings (SSSR count). The van der Waals surface area contributed by atoms with Crippen molar-refractivity contribution in [1.29, 1.82) is 0 Å². The molecule has 0 bridgehead atoms. The molecule has 19 heavy (non-hydrogen) atoms. The van der Waals surface area contributed by atoms with E-state index in [-0.39, 0.29) is 0 Å². The molecule has 100 valence electrons. The molecule has 4 nitrogen and oxygen atoms in total. The Bertz CT molecular complexity index is 574. The van der Waals surface area contributed by atoms with E-state index in [1.807, 2.05) is 18.2 Å². The Morgan fingerprint density at radius 1 is 1.63 bits per heavy atom. The smallest absolute Gasteiger partial charge is 0.407 e. The van der Waals surface area contributed by atoms with Crippen molar-refractivity contribution in [2.24, 2.45) is 0 Å². The molecular weight excluding hydrogens is 348 g/mol. The van der Waals surface area contributed by atoms with Gasteiger partial charge in [0.1, 0.15) is 0 Å². The standard InChI is InChI=1S/C12H11BrN2O2S2/c1-15(12(16)17)7-9-5-10(11(13)19-9)18-8-3-2-4-14-6-8/h2-6H,7H2,1H3,(H,16,17). The molecule has 1 N–H and O–H groups in total. The maximum absolute atomic E-state index is 10.8. The number of nitrogens with zero attached hydrogens (tertiary/aromatic N) is 2. The summed E-state index contributed by atoms with van der Waals surface area (Å²) in [7, 11) is 1.56. The lowest BCUT2D eigenvalue weighted by molar-refractivity contribution is 0.154. The molecule has 2 aromatic rings. The minimum atomic E-state index is -0.925. The fourth-order valence-electron chi connectivity index (χ4n) is 1.38. The Hall–Kier alpha value is -1.05. The van der Waals surface area contributed by atoms with Gasteiger partial charge in [-0.25, -0.2) is 4.79 Å². The molecule has 0 aliphatic heterocycles. The molecule has 0 aliphatic carbocycles. The highest BCUT2D eigenvalue weighted by Gasteiger charge is 2.12. The predicted octanol–water partition coefficient (Wildman–Crippen LogP) is 4.17. The Morgan fingerprint density at radius 2 is 2.42 bits per heavy atom. The first kappa shape index (κ1) is 14.4. The topological polar surface area (TPSA) is 53.4 Å². The van der Waals surface area contributed by atoms with Gasteiger partial charge in [0, 0.05) is 34.1 Å². The van der Waals surface area contributed by atoms with E-state index in [9.17, 15) is 4.79 Å². The summed E-state index contributed by atoms with van der Waals surface area (Å²) in [6.07, 6.45) is 2.61. The summed E-state index contributed by atoms with van der Waals surface area (Å²) in [4.78, 5) is 19.3. The van der Waals surface area contributed by atoms with Crippen LogP contribution in [0.4, 0.5) is 4.79 Å². The second-order valence-corrected chi connectivity index (χ2v) is 7.35. The quantitative estimate of drug-likeness (QED) is 0.890. The minimum Gasteiger partial charge on any atom is -0.465 e. The van der Waals surface area contributed by atoms with Gasteiger partial charge in [0.2, 0.25) is 0 Å². The summed E-state index contributed by atoms with van der Waals surface area (Å²) in [5.74, 6) is 0. The third-order valence-corrected chi connectivity index (χ3v) is 5.52. The van der Waals surface area contributed by atoms with Crippen molar-refractivity contribution >= 4 is 45.1 Å². The third kappa shape index (κ3) is 3.95. The van der Waals surface area contributed by atoms with Gasteiger partial charge < -0.3 is 10.0 Å². The lowest BCUT2D eigenvalue weighted by Gasteiger charge is -2.10. The number of carboxylic acid groups (broad SMARTS) is 1. The van der Waals surface area contributed by atoms with Gasteiger partial charge in [0.25, 0.3) is 0 Å². The normalized spacial score (nSPS) is 10.4. The number of aromatic nitrogens is 1. The van der Waals surface area contributed by atoms with Crippen molar-refractivity contribution in [3.05, 3.63) is 39.3 Å². The van der Waals surface area contributed by atoms with E-state index in [0.717, 1.165) is 18.5 Å². The number of hydrogen-bond donors (Lipinski definition) is 1. The summed E-state index contributed by atoms with van der Waals surface area (Å²) in [6.45, 7) is 0.395. The summed E-state index contributed by atoms with van der Waals surface area (Å²) in [6, 6.07) is 5.89. The van der Waals surface area contributed by atoms with E-state index in [4.69, 9.17) is 5.11 Å². The van der Waals surface area contributed by atoms with Crippen LogP contribution in [-0.2, 0) is 6.54 Å². The minimum absolute atomic E-state index is 0.395. The van der Waals surface area contributed by atoms with Gasteiger partial charge in [-0.2, -0.15) is 0 Å². The summed E-state index contributed by atoms with van der Waals surface area (Å²) in [5.41, 5.74) is 0. The van der Waals surface area contributed by atoms with Gasteiger partial charge in [-0.15, -0.1) is 11.3 Å². The molecule has 0 unspecified atom stereocenters. The van der Waals surface area contributed by atoms with Crippen LogP contribution in [0.15, 0.2) is 44.2 Å². The Morgan fingerprint density at radius 3 is 3.05 bits per heavy atom. The zero-order chi connectivity index (χ0) is 13.8. The van der Waals surface area contributed by atoms with Crippen LogP contribution < -0.4 is 0 Å². The fourth-order valence-corrected chi connectivity index (χ4v) is 4.31. The molecular formula is C12H11BrN2O2S2. The van der Waals surface area contributed by atoms with Crippen molar-refractivity contribution in [1.82, 2.24) is 9.88 Å². The molecule has 0 saturated heterocycles. The monoisotopic (exact) mass is 358 g/mol. The zero-order valence-electron chi connectivity index (χ0n) is 10.0. The highest BCUT2D eigenvalue weighted by Crippen LogP contribution is 2.39. The number of rotatable bonds is 4. The molecule has 2 heterocycles. The first-order valence-corrected chi connectivity index (χ1v) is 7.79. The molecule has 0 radical (unpaired) electrons. The average Bonchev–Trinajstić information content (AvgIpc) is 2.71. The molecule has 0 atom stereocenters. The maximum atomic E-state index is 10.8. The molecule has 0 aliphatic rings. The van der Waals surface area contributed by atoms with Crippen LogP contribution in [0, 0.1) is 0 Å². The second kappa shape index (κ2) is 6.40.